The second-order valence-corrected chi connectivity index (χ2v) is 3.67. The lowest BCUT2D eigenvalue weighted by molar-refractivity contribution is 0.0697. The Balaban J connectivity index is 2.68. The highest BCUT2D eigenvalue weighted by atomic mass is 16.4. The minimum atomic E-state index is -0.887. The SMILES string of the molecule is Cc1cccc(C(=O)O)c1-c1ccccc1. The van der Waals surface area contributed by atoms with Gasteiger partial charge in [-0.1, -0.05) is 42.5 Å². The van der Waals surface area contributed by atoms with Gasteiger partial charge in [0.05, 0.1) is 5.56 Å². The van der Waals surface area contributed by atoms with E-state index in [2.05, 4.69) is 0 Å². The van der Waals surface area contributed by atoms with Gasteiger partial charge in [0.2, 0.25) is 0 Å². The smallest absolute Gasteiger partial charge is 0.336 e. The molecule has 2 aromatic carbocycles. The van der Waals surface area contributed by atoms with Crippen molar-refractivity contribution in [2.45, 2.75) is 6.92 Å². The Hall–Kier alpha value is -2.09. The van der Waals surface area contributed by atoms with E-state index in [0.29, 0.717) is 5.56 Å². The second-order valence-electron chi connectivity index (χ2n) is 3.67. The molecule has 0 bridgehead atoms. The third-order valence-corrected chi connectivity index (χ3v) is 2.57. The molecule has 0 unspecified atom stereocenters. The molecule has 2 heteroatoms. The Labute approximate surface area is 94.2 Å². The molecule has 1 N–H and O–H groups in total. The monoisotopic (exact) mass is 212 g/mol. The van der Waals surface area contributed by atoms with E-state index in [-0.39, 0.29) is 0 Å². The number of carboxylic acids is 1. The van der Waals surface area contributed by atoms with Crippen molar-refractivity contribution in [3.8, 4) is 11.1 Å². The highest BCUT2D eigenvalue weighted by Gasteiger charge is 2.12. The third kappa shape index (κ3) is 1.82. The van der Waals surface area contributed by atoms with Crippen LogP contribution in [0.15, 0.2) is 48.5 Å². The number of benzene rings is 2. The largest absolute Gasteiger partial charge is 0.478 e. The Morgan fingerprint density at radius 2 is 1.69 bits per heavy atom. The van der Waals surface area contributed by atoms with E-state index in [9.17, 15) is 4.79 Å². The van der Waals surface area contributed by atoms with Crippen molar-refractivity contribution < 1.29 is 9.90 Å². The van der Waals surface area contributed by atoms with Gasteiger partial charge in [-0.25, -0.2) is 4.79 Å². The van der Waals surface area contributed by atoms with Crippen LogP contribution >= 0.6 is 0 Å². The number of carboxylic acid groups (broad SMARTS) is 1. The average Bonchev–Trinajstić information content (AvgIpc) is 2.29. The zero-order chi connectivity index (χ0) is 11.5. The van der Waals surface area contributed by atoms with E-state index in [1.54, 1.807) is 12.1 Å². The lowest BCUT2D eigenvalue weighted by Crippen LogP contribution is -2.00. The summed E-state index contributed by atoms with van der Waals surface area (Å²) in [5.41, 5.74) is 3.07. The van der Waals surface area contributed by atoms with Crippen LogP contribution in [-0.4, -0.2) is 11.1 Å². The molecule has 0 radical (unpaired) electrons. The maximum Gasteiger partial charge on any atom is 0.336 e. The molecule has 80 valence electrons. The predicted octanol–water partition coefficient (Wildman–Crippen LogP) is 3.36. The topological polar surface area (TPSA) is 37.3 Å². The molecule has 2 aromatic rings. The Morgan fingerprint density at radius 3 is 2.31 bits per heavy atom. The van der Waals surface area contributed by atoms with Crippen LogP contribution in [0, 0.1) is 6.92 Å². The summed E-state index contributed by atoms with van der Waals surface area (Å²) in [4.78, 5) is 11.1. The van der Waals surface area contributed by atoms with Crippen molar-refractivity contribution in [2.75, 3.05) is 0 Å². The first-order valence-corrected chi connectivity index (χ1v) is 5.08. The number of hydrogen-bond acceptors (Lipinski definition) is 1. The first-order valence-electron chi connectivity index (χ1n) is 5.08. The van der Waals surface area contributed by atoms with Crippen molar-refractivity contribution in [3.05, 3.63) is 59.7 Å². The molecular formula is C14H12O2. The Bertz CT molecular complexity index is 516. The zero-order valence-corrected chi connectivity index (χ0v) is 8.97. The van der Waals surface area contributed by atoms with Gasteiger partial charge in [0.1, 0.15) is 0 Å². The molecule has 0 amide bonds. The molecule has 2 rings (SSSR count). The van der Waals surface area contributed by atoms with Crippen molar-refractivity contribution >= 4 is 5.97 Å². The van der Waals surface area contributed by atoms with Gasteiger partial charge in [-0.2, -0.15) is 0 Å². The van der Waals surface area contributed by atoms with Crippen LogP contribution < -0.4 is 0 Å². The lowest BCUT2D eigenvalue weighted by Gasteiger charge is -2.09. The van der Waals surface area contributed by atoms with Gasteiger partial charge in [-0.15, -0.1) is 0 Å². The maximum absolute atomic E-state index is 11.1. The minimum Gasteiger partial charge on any atom is -0.478 e. The number of aryl methyl sites for hydroxylation is 1. The van der Waals surface area contributed by atoms with Gasteiger partial charge in [-0.05, 0) is 29.7 Å². The van der Waals surface area contributed by atoms with Gasteiger partial charge in [0.25, 0.3) is 0 Å². The molecule has 0 aliphatic heterocycles. The highest BCUT2D eigenvalue weighted by molar-refractivity contribution is 5.96. The molecular weight excluding hydrogens is 200 g/mol. The zero-order valence-electron chi connectivity index (χ0n) is 8.97. The first kappa shape index (κ1) is 10.4. The summed E-state index contributed by atoms with van der Waals surface area (Å²) in [6, 6.07) is 14.9. The summed E-state index contributed by atoms with van der Waals surface area (Å²) in [5, 5.41) is 9.15. The third-order valence-electron chi connectivity index (χ3n) is 2.57. The van der Waals surface area contributed by atoms with Crippen LogP contribution in [0.4, 0.5) is 0 Å². The van der Waals surface area contributed by atoms with E-state index < -0.39 is 5.97 Å². The summed E-state index contributed by atoms with van der Waals surface area (Å²) < 4.78 is 0. The quantitative estimate of drug-likeness (QED) is 0.828. The van der Waals surface area contributed by atoms with Crippen LogP contribution in [0.25, 0.3) is 11.1 Å². The molecule has 0 heterocycles. The van der Waals surface area contributed by atoms with Crippen molar-refractivity contribution in [2.24, 2.45) is 0 Å². The van der Waals surface area contributed by atoms with Crippen LogP contribution in [0.1, 0.15) is 15.9 Å². The number of aromatic carboxylic acids is 1. The van der Waals surface area contributed by atoms with E-state index in [1.807, 2.05) is 43.3 Å². The fourth-order valence-electron chi connectivity index (χ4n) is 1.83. The molecule has 0 spiro atoms. The maximum atomic E-state index is 11.1. The standard InChI is InChI=1S/C14H12O2/c1-10-6-5-9-12(14(15)16)13(10)11-7-3-2-4-8-11/h2-9H,1H3,(H,15,16). The van der Waals surface area contributed by atoms with E-state index in [0.717, 1.165) is 16.7 Å². The molecule has 0 aliphatic rings. The fourth-order valence-corrected chi connectivity index (χ4v) is 1.83. The van der Waals surface area contributed by atoms with Crippen molar-refractivity contribution in [1.82, 2.24) is 0 Å². The lowest BCUT2D eigenvalue weighted by atomic mass is 9.95. The summed E-state index contributed by atoms with van der Waals surface area (Å²) in [7, 11) is 0. The van der Waals surface area contributed by atoms with Crippen LogP contribution in [0.2, 0.25) is 0 Å². The van der Waals surface area contributed by atoms with Gasteiger partial charge in [-0.3, -0.25) is 0 Å². The summed E-state index contributed by atoms with van der Waals surface area (Å²) >= 11 is 0. The number of hydrogen-bond donors (Lipinski definition) is 1. The predicted molar refractivity (Wildman–Crippen MR) is 63.6 cm³/mol. The molecule has 0 saturated carbocycles. The normalized spacial score (nSPS) is 10.1. The van der Waals surface area contributed by atoms with E-state index in [1.165, 1.54) is 0 Å². The minimum absolute atomic E-state index is 0.353. The molecule has 0 fully saturated rings. The number of rotatable bonds is 2. The molecule has 0 aliphatic carbocycles. The Kier molecular flexibility index (Phi) is 2.73. The van der Waals surface area contributed by atoms with Gasteiger partial charge in [0, 0.05) is 0 Å². The molecule has 16 heavy (non-hydrogen) atoms. The van der Waals surface area contributed by atoms with Crippen LogP contribution in [-0.2, 0) is 0 Å². The Morgan fingerprint density at radius 1 is 1.00 bits per heavy atom. The van der Waals surface area contributed by atoms with E-state index in [4.69, 9.17) is 5.11 Å². The number of carbonyl (C=O) groups is 1. The summed E-state index contributed by atoms with van der Waals surface area (Å²) in [6.07, 6.45) is 0. The molecule has 0 aromatic heterocycles. The van der Waals surface area contributed by atoms with Gasteiger partial charge in [0.15, 0.2) is 0 Å². The fraction of sp³-hybridized carbons (Fsp3) is 0.0714. The van der Waals surface area contributed by atoms with Gasteiger partial charge >= 0.3 is 5.97 Å². The first-order chi connectivity index (χ1) is 7.70. The average molecular weight is 212 g/mol. The van der Waals surface area contributed by atoms with Crippen LogP contribution in [0.5, 0.6) is 0 Å². The highest BCUT2D eigenvalue weighted by Crippen LogP contribution is 2.27. The summed E-state index contributed by atoms with van der Waals surface area (Å²) in [5.74, 6) is -0.887. The van der Waals surface area contributed by atoms with Crippen LogP contribution in [0.3, 0.4) is 0 Å². The van der Waals surface area contributed by atoms with Crippen molar-refractivity contribution in [3.63, 3.8) is 0 Å². The molecule has 0 saturated heterocycles. The van der Waals surface area contributed by atoms with Crippen molar-refractivity contribution in [1.29, 1.82) is 0 Å². The van der Waals surface area contributed by atoms with E-state index >= 15 is 0 Å². The van der Waals surface area contributed by atoms with Gasteiger partial charge < -0.3 is 5.11 Å². The molecule has 2 nitrogen and oxygen atoms in total. The second kappa shape index (κ2) is 4.19. The summed E-state index contributed by atoms with van der Waals surface area (Å²) in [6.45, 7) is 1.93. The molecule has 0 atom stereocenters.